The number of nitrogens with one attached hydrogen (secondary N) is 1. The number of benzene rings is 2. The molecule has 0 spiro atoms. The lowest BCUT2D eigenvalue weighted by atomic mass is 10.1. The molecule has 1 aliphatic heterocycles. The van der Waals surface area contributed by atoms with Gasteiger partial charge in [0.15, 0.2) is 0 Å². The van der Waals surface area contributed by atoms with Gasteiger partial charge in [-0.25, -0.2) is 0 Å². The van der Waals surface area contributed by atoms with Crippen molar-refractivity contribution in [3.63, 3.8) is 0 Å². The maximum Gasteiger partial charge on any atom is 0.105 e. The summed E-state index contributed by atoms with van der Waals surface area (Å²) in [5, 5.41) is 8.10. The van der Waals surface area contributed by atoms with Crippen molar-refractivity contribution in [2.75, 3.05) is 4.90 Å². The molecule has 0 amide bonds. The van der Waals surface area contributed by atoms with Gasteiger partial charge in [-0.3, -0.25) is 5.41 Å². The Bertz CT molecular complexity index is 590. The Morgan fingerprint density at radius 1 is 1.06 bits per heavy atom. The third-order valence-electron chi connectivity index (χ3n) is 3.22. The summed E-state index contributed by atoms with van der Waals surface area (Å²) in [5.41, 5.74) is 3.64. The van der Waals surface area contributed by atoms with Gasteiger partial charge in [-0.2, -0.15) is 0 Å². The van der Waals surface area contributed by atoms with E-state index in [9.17, 15) is 0 Å². The van der Waals surface area contributed by atoms with E-state index >= 15 is 0 Å². The van der Waals surface area contributed by atoms with Gasteiger partial charge in [0.25, 0.3) is 0 Å². The third-order valence-corrected chi connectivity index (χ3v) is 3.75. The monoisotopic (exact) mass is 300 g/mol. The minimum atomic E-state index is 0.680. The number of fused-ring (bicyclic) bond motifs is 1. The molecular weight excluding hydrogens is 288 g/mol. The fourth-order valence-corrected chi connectivity index (χ4v) is 2.56. The van der Waals surface area contributed by atoms with Crippen LogP contribution < -0.4 is 4.90 Å². The second kappa shape index (κ2) is 4.58. The number of para-hydroxylation sites is 1. The first-order valence-corrected chi connectivity index (χ1v) is 6.70. The lowest BCUT2D eigenvalue weighted by molar-refractivity contribution is 1.01. The molecule has 0 unspecified atom stereocenters. The third kappa shape index (κ3) is 2.06. The Morgan fingerprint density at radius 3 is 2.56 bits per heavy atom. The number of hydrogen-bond acceptors (Lipinski definition) is 1. The molecule has 1 aliphatic rings. The van der Waals surface area contributed by atoms with Crippen molar-refractivity contribution < 1.29 is 0 Å². The lowest BCUT2D eigenvalue weighted by Gasteiger charge is -2.19. The maximum atomic E-state index is 8.10. The van der Waals surface area contributed by atoms with Gasteiger partial charge in [0.2, 0.25) is 0 Å². The number of anilines is 1. The molecule has 2 nitrogen and oxygen atoms in total. The first kappa shape index (κ1) is 11.5. The number of amidine groups is 1. The van der Waals surface area contributed by atoms with Gasteiger partial charge in [-0.05, 0) is 29.3 Å². The van der Waals surface area contributed by atoms with Crippen molar-refractivity contribution in [1.29, 1.82) is 5.41 Å². The largest absolute Gasteiger partial charge is 0.325 e. The predicted molar refractivity (Wildman–Crippen MR) is 78.2 cm³/mol. The van der Waals surface area contributed by atoms with Gasteiger partial charge >= 0.3 is 0 Å². The van der Waals surface area contributed by atoms with E-state index in [2.05, 4.69) is 45.1 Å². The molecular formula is C15H13BrN2. The molecule has 0 aliphatic carbocycles. The van der Waals surface area contributed by atoms with E-state index in [4.69, 9.17) is 5.41 Å². The number of halogens is 1. The van der Waals surface area contributed by atoms with Gasteiger partial charge in [-0.15, -0.1) is 0 Å². The van der Waals surface area contributed by atoms with Crippen LogP contribution in [-0.2, 0) is 13.0 Å². The summed E-state index contributed by atoms with van der Waals surface area (Å²) in [5.74, 6) is 0.680. The van der Waals surface area contributed by atoms with Gasteiger partial charge < -0.3 is 4.90 Å². The van der Waals surface area contributed by atoms with Crippen LogP contribution in [0.25, 0.3) is 0 Å². The van der Waals surface area contributed by atoms with Crippen LogP contribution in [0.3, 0.4) is 0 Å². The van der Waals surface area contributed by atoms with Gasteiger partial charge in [-0.1, -0.05) is 46.3 Å². The van der Waals surface area contributed by atoms with Crippen LogP contribution in [0.4, 0.5) is 5.69 Å². The van der Waals surface area contributed by atoms with Crippen molar-refractivity contribution >= 4 is 27.5 Å². The smallest absolute Gasteiger partial charge is 0.105 e. The highest BCUT2D eigenvalue weighted by Gasteiger charge is 2.23. The SMILES string of the molecule is N=C1Cc2ccccc2N1Cc1ccc(Br)cc1. The van der Waals surface area contributed by atoms with Crippen LogP contribution >= 0.6 is 15.9 Å². The maximum absolute atomic E-state index is 8.10. The van der Waals surface area contributed by atoms with Crippen LogP contribution in [-0.4, -0.2) is 5.84 Å². The summed E-state index contributed by atoms with van der Waals surface area (Å²) in [6.45, 7) is 0.767. The first-order chi connectivity index (χ1) is 8.74. The molecule has 2 aromatic carbocycles. The van der Waals surface area contributed by atoms with E-state index in [1.807, 2.05) is 24.3 Å². The van der Waals surface area contributed by atoms with E-state index in [1.165, 1.54) is 16.8 Å². The van der Waals surface area contributed by atoms with Crippen LogP contribution in [0.15, 0.2) is 53.0 Å². The molecule has 0 radical (unpaired) electrons. The van der Waals surface area contributed by atoms with Gasteiger partial charge in [0.1, 0.15) is 5.84 Å². The van der Waals surface area contributed by atoms with E-state index in [0.717, 1.165) is 17.4 Å². The number of rotatable bonds is 2. The van der Waals surface area contributed by atoms with Crippen molar-refractivity contribution in [3.05, 3.63) is 64.1 Å². The molecule has 0 aromatic heterocycles. The second-order valence-corrected chi connectivity index (χ2v) is 5.38. The molecule has 3 heteroatoms. The molecule has 0 saturated carbocycles. The van der Waals surface area contributed by atoms with Crippen molar-refractivity contribution in [2.24, 2.45) is 0 Å². The normalized spacial score (nSPS) is 13.8. The van der Waals surface area contributed by atoms with Crippen molar-refractivity contribution in [2.45, 2.75) is 13.0 Å². The minimum absolute atomic E-state index is 0.680. The van der Waals surface area contributed by atoms with Crippen LogP contribution in [0.2, 0.25) is 0 Å². The van der Waals surface area contributed by atoms with Crippen LogP contribution in [0, 0.1) is 5.41 Å². The molecule has 3 rings (SSSR count). The van der Waals surface area contributed by atoms with Crippen molar-refractivity contribution in [1.82, 2.24) is 0 Å². The topological polar surface area (TPSA) is 27.1 Å². The summed E-state index contributed by atoms with van der Waals surface area (Å²) < 4.78 is 1.09. The zero-order chi connectivity index (χ0) is 12.5. The quantitative estimate of drug-likeness (QED) is 0.892. The van der Waals surface area contributed by atoms with E-state index in [-0.39, 0.29) is 0 Å². The molecule has 0 fully saturated rings. The van der Waals surface area contributed by atoms with Gasteiger partial charge in [0, 0.05) is 23.1 Å². The van der Waals surface area contributed by atoms with Crippen molar-refractivity contribution in [3.8, 4) is 0 Å². The standard InChI is InChI=1S/C15H13BrN2/c16-13-7-5-11(6-8-13)10-18-14-4-2-1-3-12(14)9-15(18)17/h1-8,17H,9-10H2. The lowest BCUT2D eigenvalue weighted by Crippen LogP contribution is -2.25. The number of hydrogen-bond donors (Lipinski definition) is 1. The first-order valence-electron chi connectivity index (χ1n) is 5.91. The highest BCUT2D eigenvalue weighted by atomic mass is 79.9. The zero-order valence-corrected chi connectivity index (χ0v) is 11.4. The highest BCUT2D eigenvalue weighted by Crippen LogP contribution is 2.30. The van der Waals surface area contributed by atoms with Gasteiger partial charge in [0.05, 0.1) is 0 Å². The summed E-state index contributed by atoms with van der Waals surface area (Å²) in [6, 6.07) is 16.5. The molecule has 90 valence electrons. The molecule has 0 bridgehead atoms. The molecule has 0 atom stereocenters. The fraction of sp³-hybridized carbons (Fsp3) is 0.133. The predicted octanol–water partition coefficient (Wildman–Crippen LogP) is 3.99. The molecule has 0 saturated heterocycles. The fourth-order valence-electron chi connectivity index (χ4n) is 2.30. The Kier molecular flexibility index (Phi) is 2.92. The Hall–Kier alpha value is -1.61. The summed E-state index contributed by atoms with van der Waals surface area (Å²) in [6.07, 6.45) is 0.743. The van der Waals surface area contributed by atoms with E-state index in [1.54, 1.807) is 0 Å². The molecule has 18 heavy (non-hydrogen) atoms. The van der Waals surface area contributed by atoms with E-state index < -0.39 is 0 Å². The zero-order valence-electron chi connectivity index (χ0n) is 9.86. The average Bonchev–Trinajstić information content (AvgIpc) is 2.69. The summed E-state index contributed by atoms with van der Waals surface area (Å²) in [7, 11) is 0. The summed E-state index contributed by atoms with van der Waals surface area (Å²) >= 11 is 3.44. The number of nitrogens with zero attached hydrogens (tertiary/aromatic N) is 1. The summed E-state index contributed by atoms with van der Waals surface area (Å²) in [4.78, 5) is 2.08. The second-order valence-electron chi connectivity index (χ2n) is 4.46. The van der Waals surface area contributed by atoms with E-state index in [0.29, 0.717) is 5.84 Å². The highest BCUT2D eigenvalue weighted by molar-refractivity contribution is 9.10. The Balaban J connectivity index is 1.89. The Labute approximate surface area is 115 Å². The van der Waals surface area contributed by atoms with Crippen LogP contribution in [0.5, 0.6) is 0 Å². The van der Waals surface area contributed by atoms with Crippen LogP contribution in [0.1, 0.15) is 11.1 Å². The molecule has 2 aromatic rings. The minimum Gasteiger partial charge on any atom is -0.325 e. The Morgan fingerprint density at radius 2 is 1.78 bits per heavy atom. The molecule has 1 heterocycles. The molecule has 1 N–H and O–H groups in total. The average molecular weight is 301 g/mol.